The molecule has 1 aromatic heterocycles. The summed E-state index contributed by atoms with van der Waals surface area (Å²) in [5.41, 5.74) is 7.65. The maximum atomic E-state index is 5.75. The first-order chi connectivity index (χ1) is 7.65. The molecular formula is C13H21N3. The van der Waals surface area contributed by atoms with Crippen LogP contribution >= 0.6 is 0 Å². The van der Waals surface area contributed by atoms with Gasteiger partial charge in [0.05, 0.1) is 5.69 Å². The number of nitrogens with two attached hydrogens (primary N) is 1. The first-order valence-electron chi connectivity index (χ1n) is 6.08. The lowest BCUT2D eigenvalue weighted by atomic mass is 9.88. The molecule has 1 saturated heterocycles. The Hall–Kier alpha value is -1.09. The summed E-state index contributed by atoms with van der Waals surface area (Å²) in [4.78, 5) is 6.83. The van der Waals surface area contributed by atoms with Gasteiger partial charge in [0.25, 0.3) is 0 Å². The van der Waals surface area contributed by atoms with Gasteiger partial charge in [0.2, 0.25) is 0 Å². The fourth-order valence-corrected chi connectivity index (χ4v) is 2.31. The van der Waals surface area contributed by atoms with Crippen LogP contribution in [0.15, 0.2) is 18.3 Å². The van der Waals surface area contributed by atoms with Crippen LogP contribution in [0.2, 0.25) is 0 Å². The quantitative estimate of drug-likeness (QED) is 0.828. The van der Waals surface area contributed by atoms with Gasteiger partial charge >= 0.3 is 0 Å². The zero-order chi connectivity index (χ0) is 11.5. The van der Waals surface area contributed by atoms with Crippen LogP contribution in [0.25, 0.3) is 0 Å². The molecule has 0 amide bonds. The third kappa shape index (κ3) is 2.73. The van der Waals surface area contributed by atoms with Crippen LogP contribution in [-0.2, 0) is 6.54 Å². The van der Waals surface area contributed by atoms with E-state index in [-0.39, 0.29) is 0 Å². The number of likely N-dealkylation sites (tertiary alicyclic amines) is 1. The molecule has 3 heteroatoms. The topological polar surface area (TPSA) is 42.1 Å². The van der Waals surface area contributed by atoms with Gasteiger partial charge in [-0.25, -0.2) is 0 Å². The lowest BCUT2D eigenvalue weighted by Gasteiger charge is -2.35. The summed E-state index contributed by atoms with van der Waals surface area (Å²) in [6, 6.07) is 3.81. The molecular weight excluding hydrogens is 198 g/mol. The van der Waals surface area contributed by atoms with Crippen LogP contribution in [0.5, 0.6) is 0 Å². The molecule has 0 aromatic carbocycles. The number of hydrogen-bond acceptors (Lipinski definition) is 3. The summed E-state index contributed by atoms with van der Waals surface area (Å²) < 4.78 is 0. The van der Waals surface area contributed by atoms with Crippen molar-refractivity contribution >= 4 is 5.69 Å². The van der Waals surface area contributed by atoms with Gasteiger partial charge in [0.15, 0.2) is 0 Å². The van der Waals surface area contributed by atoms with E-state index in [0.29, 0.717) is 0 Å². The van der Waals surface area contributed by atoms with E-state index in [4.69, 9.17) is 5.73 Å². The predicted molar refractivity (Wildman–Crippen MR) is 66.9 cm³/mol. The van der Waals surface area contributed by atoms with E-state index in [1.165, 1.54) is 19.5 Å². The average Bonchev–Trinajstić information content (AvgIpc) is 2.24. The van der Waals surface area contributed by atoms with E-state index in [9.17, 15) is 0 Å². The highest BCUT2D eigenvalue weighted by molar-refractivity contribution is 5.37. The Morgan fingerprint density at radius 3 is 2.94 bits per heavy atom. The minimum atomic E-state index is 0.787. The van der Waals surface area contributed by atoms with Gasteiger partial charge in [-0.1, -0.05) is 13.8 Å². The second kappa shape index (κ2) is 4.83. The smallest absolute Gasteiger partial charge is 0.0564 e. The molecule has 3 nitrogen and oxygen atoms in total. The van der Waals surface area contributed by atoms with Crippen molar-refractivity contribution in [3.05, 3.63) is 24.0 Å². The molecule has 16 heavy (non-hydrogen) atoms. The molecule has 0 saturated carbocycles. The normalized spacial score (nSPS) is 26.9. The number of nitrogen functional groups attached to an aromatic ring is 1. The van der Waals surface area contributed by atoms with Gasteiger partial charge in [-0.3, -0.25) is 9.88 Å². The molecule has 2 heterocycles. The Balaban J connectivity index is 1.95. The second-order valence-corrected chi connectivity index (χ2v) is 5.06. The Labute approximate surface area is 97.7 Å². The first-order valence-corrected chi connectivity index (χ1v) is 6.08. The SMILES string of the molecule is CC1CCN(Cc2cc(N)ccn2)CC1C. The number of rotatable bonds is 2. The predicted octanol–water partition coefficient (Wildman–Crippen LogP) is 2.14. The van der Waals surface area contributed by atoms with E-state index in [1.54, 1.807) is 6.20 Å². The minimum absolute atomic E-state index is 0.787. The maximum Gasteiger partial charge on any atom is 0.0564 e. The first kappa shape index (κ1) is 11.4. The highest BCUT2D eigenvalue weighted by Crippen LogP contribution is 2.23. The van der Waals surface area contributed by atoms with Gasteiger partial charge in [0, 0.05) is 25.0 Å². The fraction of sp³-hybridized carbons (Fsp3) is 0.615. The van der Waals surface area contributed by atoms with Crippen molar-refractivity contribution in [3.8, 4) is 0 Å². The van der Waals surface area contributed by atoms with Crippen LogP contribution in [0.4, 0.5) is 5.69 Å². The Morgan fingerprint density at radius 2 is 2.25 bits per heavy atom. The van der Waals surface area contributed by atoms with E-state index >= 15 is 0 Å². The number of anilines is 1. The van der Waals surface area contributed by atoms with Crippen molar-refractivity contribution in [2.24, 2.45) is 11.8 Å². The standard InChI is InChI=1S/C13H21N3/c1-10-4-6-16(8-11(10)2)9-13-7-12(14)3-5-15-13/h3,5,7,10-11H,4,6,8-9H2,1-2H3,(H2,14,15). The zero-order valence-corrected chi connectivity index (χ0v) is 10.2. The van der Waals surface area contributed by atoms with Crippen LogP contribution in [-0.4, -0.2) is 23.0 Å². The molecule has 2 rings (SSSR count). The number of nitrogens with zero attached hydrogens (tertiary/aromatic N) is 2. The molecule has 88 valence electrons. The Bertz CT molecular complexity index is 351. The molecule has 2 atom stereocenters. The molecule has 0 bridgehead atoms. The molecule has 0 spiro atoms. The lowest BCUT2D eigenvalue weighted by molar-refractivity contribution is 0.131. The van der Waals surface area contributed by atoms with Crippen LogP contribution < -0.4 is 5.73 Å². The van der Waals surface area contributed by atoms with Crippen molar-refractivity contribution in [1.82, 2.24) is 9.88 Å². The summed E-state index contributed by atoms with van der Waals surface area (Å²) >= 11 is 0. The summed E-state index contributed by atoms with van der Waals surface area (Å²) in [6.07, 6.45) is 3.09. The highest BCUT2D eigenvalue weighted by Gasteiger charge is 2.22. The molecule has 1 aliphatic rings. The Morgan fingerprint density at radius 1 is 1.44 bits per heavy atom. The minimum Gasteiger partial charge on any atom is -0.399 e. The van der Waals surface area contributed by atoms with Crippen LogP contribution in [0.1, 0.15) is 26.0 Å². The molecule has 0 radical (unpaired) electrons. The zero-order valence-electron chi connectivity index (χ0n) is 10.2. The van der Waals surface area contributed by atoms with Gasteiger partial charge in [-0.2, -0.15) is 0 Å². The largest absolute Gasteiger partial charge is 0.399 e. The third-order valence-corrected chi connectivity index (χ3v) is 3.64. The van der Waals surface area contributed by atoms with E-state index in [0.717, 1.165) is 29.8 Å². The lowest BCUT2D eigenvalue weighted by Crippen LogP contribution is -2.38. The van der Waals surface area contributed by atoms with Crippen molar-refractivity contribution in [2.75, 3.05) is 18.8 Å². The van der Waals surface area contributed by atoms with Crippen molar-refractivity contribution in [1.29, 1.82) is 0 Å². The fourth-order valence-electron chi connectivity index (χ4n) is 2.31. The number of aromatic nitrogens is 1. The second-order valence-electron chi connectivity index (χ2n) is 5.06. The van der Waals surface area contributed by atoms with E-state index in [1.807, 2.05) is 12.1 Å². The molecule has 2 unspecified atom stereocenters. The van der Waals surface area contributed by atoms with Gasteiger partial charge < -0.3 is 5.73 Å². The van der Waals surface area contributed by atoms with Crippen molar-refractivity contribution < 1.29 is 0 Å². The number of pyridine rings is 1. The third-order valence-electron chi connectivity index (χ3n) is 3.64. The summed E-state index contributed by atoms with van der Waals surface area (Å²) in [5, 5.41) is 0. The Kier molecular flexibility index (Phi) is 3.44. The van der Waals surface area contributed by atoms with Crippen LogP contribution in [0, 0.1) is 11.8 Å². The van der Waals surface area contributed by atoms with Crippen molar-refractivity contribution in [2.45, 2.75) is 26.8 Å². The highest BCUT2D eigenvalue weighted by atomic mass is 15.1. The molecule has 1 aliphatic heterocycles. The molecule has 1 fully saturated rings. The van der Waals surface area contributed by atoms with Crippen molar-refractivity contribution in [3.63, 3.8) is 0 Å². The monoisotopic (exact) mass is 219 g/mol. The molecule has 1 aromatic rings. The van der Waals surface area contributed by atoms with Crippen LogP contribution in [0.3, 0.4) is 0 Å². The van der Waals surface area contributed by atoms with Gasteiger partial charge in [0.1, 0.15) is 0 Å². The number of piperidine rings is 1. The van der Waals surface area contributed by atoms with E-state index in [2.05, 4.69) is 23.7 Å². The maximum absolute atomic E-state index is 5.75. The van der Waals surface area contributed by atoms with Gasteiger partial charge in [-0.05, 0) is 36.9 Å². The van der Waals surface area contributed by atoms with Gasteiger partial charge in [-0.15, -0.1) is 0 Å². The summed E-state index contributed by atoms with van der Waals surface area (Å²) in [6.45, 7) is 7.98. The number of hydrogen-bond donors (Lipinski definition) is 1. The molecule has 0 aliphatic carbocycles. The summed E-state index contributed by atoms with van der Waals surface area (Å²) in [7, 11) is 0. The molecule has 2 N–H and O–H groups in total. The average molecular weight is 219 g/mol. The van der Waals surface area contributed by atoms with E-state index < -0.39 is 0 Å². The summed E-state index contributed by atoms with van der Waals surface area (Å²) in [5.74, 6) is 1.64.